The number of anilines is 1. The Bertz CT molecular complexity index is 339. The number of halogens is 2. The smallest absolute Gasteiger partial charge is 0.0497 e. The first-order valence-corrected chi connectivity index (χ1v) is 7.93. The molecule has 1 atom stereocenters. The van der Waals surface area contributed by atoms with Crippen molar-refractivity contribution in [2.75, 3.05) is 5.32 Å². The summed E-state index contributed by atoms with van der Waals surface area (Å²) >= 11 is 7.07. The van der Waals surface area contributed by atoms with Crippen LogP contribution in [0.15, 0.2) is 27.1 Å². The molecule has 0 aliphatic carbocycles. The molecule has 1 nitrogen and oxygen atoms in total. The van der Waals surface area contributed by atoms with Gasteiger partial charge in [-0.15, -0.1) is 0 Å². The molecule has 0 amide bonds. The number of hydrogen-bond donors (Lipinski definition) is 1. The van der Waals surface area contributed by atoms with Crippen molar-refractivity contribution in [1.82, 2.24) is 0 Å². The minimum atomic E-state index is 0.525. The zero-order chi connectivity index (χ0) is 12.7. The third-order valence-electron chi connectivity index (χ3n) is 2.82. The SMILES string of the molecule is CCCCCCC(C)Nc1cc(Br)ccc1Br. The van der Waals surface area contributed by atoms with Crippen LogP contribution in [0.25, 0.3) is 0 Å². The van der Waals surface area contributed by atoms with E-state index in [4.69, 9.17) is 0 Å². The van der Waals surface area contributed by atoms with Crippen LogP contribution in [0.5, 0.6) is 0 Å². The van der Waals surface area contributed by atoms with Crippen LogP contribution in [-0.2, 0) is 0 Å². The lowest BCUT2D eigenvalue weighted by atomic mass is 10.1. The van der Waals surface area contributed by atoms with Crippen LogP contribution in [0.4, 0.5) is 5.69 Å². The highest BCUT2D eigenvalue weighted by atomic mass is 79.9. The van der Waals surface area contributed by atoms with Crippen LogP contribution < -0.4 is 5.32 Å². The van der Waals surface area contributed by atoms with Gasteiger partial charge in [-0.3, -0.25) is 0 Å². The Morgan fingerprint density at radius 3 is 2.65 bits per heavy atom. The molecule has 0 heterocycles. The Labute approximate surface area is 122 Å². The highest BCUT2D eigenvalue weighted by molar-refractivity contribution is 9.11. The van der Waals surface area contributed by atoms with E-state index in [9.17, 15) is 0 Å². The van der Waals surface area contributed by atoms with Crippen LogP contribution in [0, 0.1) is 0 Å². The first kappa shape index (κ1) is 15.0. The van der Waals surface area contributed by atoms with E-state index in [-0.39, 0.29) is 0 Å². The minimum Gasteiger partial charge on any atom is -0.382 e. The molecule has 0 aliphatic heterocycles. The van der Waals surface area contributed by atoms with Crippen molar-refractivity contribution in [1.29, 1.82) is 0 Å². The monoisotopic (exact) mass is 361 g/mol. The van der Waals surface area contributed by atoms with E-state index in [1.54, 1.807) is 0 Å². The summed E-state index contributed by atoms with van der Waals surface area (Å²) in [4.78, 5) is 0. The molecule has 0 bridgehead atoms. The van der Waals surface area contributed by atoms with Crippen molar-refractivity contribution in [3.05, 3.63) is 27.1 Å². The van der Waals surface area contributed by atoms with Crippen LogP contribution in [-0.4, -0.2) is 6.04 Å². The molecule has 1 aromatic carbocycles. The molecule has 0 fully saturated rings. The molecular formula is C14H21Br2N. The quantitative estimate of drug-likeness (QED) is 0.588. The zero-order valence-corrected chi connectivity index (χ0v) is 13.8. The lowest BCUT2D eigenvalue weighted by Crippen LogP contribution is -2.15. The lowest BCUT2D eigenvalue weighted by Gasteiger charge is -2.16. The Balaban J connectivity index is 2.39. The van der Waals surface area contributed by atoms with Crippen LogP contribution in [0.2, 0.25) is 0 Å². The van der Waals surface area contributed by atoms with Crippen molar-refractivity contribution in [2.45, 2.75) is 52.0 Å². The molecule has 0 aliphatic rings. The number of unbranched alkanes of at least 4 members (excludes halogenated alkanes) is 3. The summed E-state index contributed by atoms with van der Waals surface area (Å²) in [5, 5.41) is 3.55. The van der Waals surface area contributed by atoms with E-state index in [1.165, 1.54) is 37.8 Å². The van der Waals surface area contributed by atoms with Crippen LogP contribution in [0.1, 0.15) is 46.0 Å². The van der Waals surface area contributed by atoms with Gasteiger partial charge in [0.2, 0.25) is 0 Å². The van der Waals surface area contributed by atoms with Gasteiger partial charge in [0, 0.05) is 20.7 Å². The molecule has 3 heteroatoms. The van der Waals surface area contributed by atoms with Crippen LogP contribution in [0.3, 0.4) is 0 Å². The average molecular weight is 363 g/mol. The normalized spacial score (nSPS) is 12.5. The van der Waals surface area contributed by atoms with E-state index in [0.717, 1.165) is 8.95 Å². The highest BCUT2D eigenvalue weighted by Crippen LogP contribution is 2.27. The van der Waals surface area contributed by atoms with E-state index < -0.39 is 0 Å². The number of rotatable bonds is 7. The Kier molecular flexibility index (Phi) is 7.21. The third-order valence-corrected chi connectivity index (χ3v) is 4.01. The van der Waals surface area contributed by atoms with Crippen molar-refractivity contribution < 1.29 is 0 Å². The summed E-state index contributed by atoms with van der Waals surface area (Å²) < 4.78 is 2.24. The largest absolute Gasteiger partial charge is 0.382 e. The maximum atomic E-state index is 3.57. The van der Waals surface area contributed by atoms with Gasteiger partial charge in [0.25, 0.3) is 0 Å². The molecule has 0 aromatic heterocycles. The predicted molar refractivity (Wildman–Crippen MR) is 83.7 cm³/mol. The maximum Gasteiger partial charge on any atom is 0.0497 e. The summed E-state index contributed by atoms with van der Waals surface area (Å²) in [6.07, 6.45) is 6.56. The Morgan fingerprint density at radius 2 is 1.94 bits per heavy atom. The van der Waals surface area contributed by atoms with Gasteiger partial charge in [-0.25, -0.2) is 0 Å². The molecular weight excluding hydrogens is 342 g/mol. The first-order chi connectivity index (χ1) is 8.13. The Morgan fingerprint density at radius 1 is 1.18 bits per heavy atom. The van der Waals surface area contributed by atoms with Gasteiger partial charge in [-0.2, -0.15) is 0 Å². The van der Waals surface area contributed by atoms with Crippen molar-refractivity contribution in [3.63, 3.8) is 0 Å². The highest BCUT2D eigenvalue weighted by Gasteiger charge is 2.05. The van der Waals surface area contributed by atoms with E-state index in [0.29, 0.717) is 6.04 Å². The van der Waals surface area contributed by atoms with Gasteiger partial charge in [-0.1, -0.05) is 48.5 Å². The maximum absolute atomic E-state index is 3.57. The molecule has 0 radical (unpaired) electrons. The average Bonchev–Trinajstić information content (AvgIpc) is 2.29. The summed E-state index contributed by atoms with van der Waals surface area (Å²) in [6, 6.07) is 6.75. The van der Waals surface area contributed by atoms with Gasteiger partial charge < -0.3 is 5.32 Å². The fourth-order valence-electron chi connectivity index (χ4n) is 1.82. The fourth-order valence-corrected chi connectivity index (χ4v) is 2.55. The molecule has 1 unspecified atom stereocenters. The molecule has 1 aromatic rings. The van der Waals surface area contributed by atoms with Gasteiger partial charge >= 0.3 is 0 Å². The number of benzene rings is 1. The molecule has 1 rings (SSSR count). The van der Waals surface area contributed by atoms with Crippen molar-refractivity contribution in [3.8, 4) is 0 Å². The van der Waals surface area contributed by atoms with Crippen LogP contribution >= 0.6 is 31.9 Å². The topological polar surface area (TPSA) is 12.0 Å². The first-order valence-electron chi connectivity index (χ1n) is 6.35. The second-order valence-corrected chi connectivity index (χ2v) is 6.29. The molecule has 0 saturated carbocycles. The van der Waals surface area contributed by atoms with Gasteiger partial charge in [-0.05, 0) is 47.5 Å². The summed E-state index contributed by atoms with van der Waals surface area (Å²) in [5.41, 5.74) is 1.17. The second kappa shape index (κ2) is 8.15. The standard InChI is InChI=1S/C14H21Br2N/c1-3-4-5-6-7-11(2)17-14-10-12(15)8-9-13(14)16/h8-11,17H,3-7H2,1-2H3. The summed E-state index contributed by atoms with van der Waals surface area (Å²) in [7, 11) is 0. The zero-order valence-electron chi connectivity index (χ0n) is 10.6. The van der Waals surface area contributed by atoms with Gasteiger partial charge in [0.05, 0.1) is 0 Å². The van der Waals surface area contributed by atoms with E-state index in [2.05, 4.69) is 63.2 Å². The lowest BCUT2D eigenvalue weighted by molar-refractivity contribution is 0.594. The van der Waals surface area contributed by atoms with E-state index >= 15 is 0 Å². The van der Waals surface area contributed by atoms with E-state index in [1.807, 2.05) is 6.07 Å². The predicted octanol–water partition coefficient (Wildman–Crippen LogP) is 5.98. The molecule has 96 valence electrons. The molecule has 17 heavy (non-hydrogen) atoms. The van der Waals surface area contributed by atoms with Crippen molar-refractivity contribution in [2.24, 2.45) is 0 Å². The summed E-state index contributed by atoms with van der Waals surface area (Å²) in [6.45, 7) is 4.50. The third kappa shape index (κ3) is 5.91. The summed E-state index contributed by atoms with van der Waals surface area (Å²) in [5.74, 6) is 0. The molecule has 0 spiro atoms. The fraction of sp³-hybridized carbons (Fsp3) is 0.571. The molecule has 1 N–H and O–H groups in total. The number of nitrogens with one attached hydrogen (secondary N) is 1. The Hall–Kier alpha value is -0.0200. The second-order valence-electron chi connectivity index (χ2n) is 4.52. The van der Waals surface area contributed by atoms with Crippen molar-refractivity contribution >= 4 is 37.5 Å². The number of hydrogen-bond acceptors (Lipinski definition) is 1. The van der Waals surface area contributed by atoms with Gasteiger partial charge in [0.15, 0.2) is 0 Å². The molecule has 0 saturated heterocycles. The van der Waals surface area contributed by atoms with Gasteiger partial charge in [0.1, 0.15) is 0 Å². The minimum absolute atomic E-state index is 0.525.